The Balaban J connectivity index is 1.85. The van der Waals surface area contributed by atoms with Gasteiger partial charge in [-0.1, -0.05) is 19.9 Å². The molecule has 1 saturated heterocycles. The third-order valence-corrected chi connectivity index (χ3v) is 5.17. The fourth-order valence-corrected chi connectivity index (χ4v) is 3.68. The number of aromatic nitrogens is 2. The van der Waals surface area contributed by atoms with E-state index in [9.17, 15) is 9.59 Å². The summed E-state index contributed by atoms with van der Waals surface area (Å²) in [4.78, 5) is 35.1. The minimum Gasteiger partial charge on any atom is -0.354 e. The Hall–Kier alpha value is -2.76. The van der Waals surface area contributed by atoms with Crippen molar-refractivity contribution in [2.45, 2.75) is 39.5 Å². The van der Waals surface area contributed by atoms with Gasteiger partial charge in [0, 0.05) is 55.1 Å². The van der Waals surface area contributed by atoms with Gasteiger partial charge in [-0.25, -0.2) is 0 Å². The van der Waals surface area contributed by atoms with Crippen molar-refractivity contribution >= 4 is 11.8 Å². The fraction of sp³-hybridized carbons (Fsp3) is 0.455. The Labute approximate surface area is 166 Å². The van der Waals surface area contributed by atoms with Gasteiger partial charge in [0.15, 0.2) is 0 Å². The number of hydrogen-bond acceptors (Lipinski definition) is 4. The van der Waals surface area contributed by atoms with Crippen LogP contribution in [0, 0.1) is 12.8 Å². The van der Waals surface area contributed by atoms with Gasteiger partial charge in [-0.05, 0) is 43.5 Å². The molecule has 1 atom stereocenters. The van der Waals surface area contributed by atoms with E-state index < -0.39 is 0 Å². The lowest BCUT2D eigenvalue weighted by atomic mass is 9.91. The number of carbonyl (C=O) groups is 2. The summed E-state index contributed by atoms with van der Waals surface area (Å²) in [7, 11) is 1.59. The van der Waals surface area contributed by atoms with Gasteiger partial charge in [-0.3, -0.25) is 19.6 Å². The van der Waals surface area contributed by atoms with Crippen molar-refractivity contribution in [1.82, 2.24) is 20.2 Å². The molecule has 0 aromatic carbocycles. The molecule has 0 unspecified atom stereocenters. The molecule has 3 rings (SSSR count). The zero-order valence-corrected chi connectivity index (χ0v) is 17.0. The first kappa shape index (κ1) is 20.0. The lowest BCUT2D eigenvalue weighted by Gasteiger charge is -2.34. The number of carbonyl (C=O) groups excluding carboxylic acids is 2. The van der Waals surface area contributed by atoms with Crippen molar-refractivity contribution < 1.29 is 9.59 Å². The fourth-order valence-electron chi connectivity index (χ4n) is 3.68. The summed E-state index contributed by atoms with van der Waals surface area (Å²) >= 11 is 0. The smallest absolute Gasteiger partial charge is 0.269 e. The van der Waals surface area contributed by atoms with E-state index in [-0.39, 0.29) is 23.7 Å². The number of nitrogens with one attached hydrogen (secondary N) is 1. The molecule has 0 aliphatic carbocycles. The minimum atomic E-state index is -0.199. The van der Waals surface area contributed by atoms with Gasteiger partial charge in [-0.15, -0.1) is 0 Å². The van der Waals surface area contributed by atoms with Crippen molar-refractivity contribution in [3.63, 3.8) is 0 Å². The molecular formula is C22H28N4O2. The van der Waals surface area contributed by atoms with E-state index in [0.29, 0.717) is 5.69 Å². The summed E-state index contributed by atoms with van der Waals surface area (Å²) in [5, 5.41) is 2.58. The second kappa shape index (κ2) is 8.50. The monoisotopic (exact) mass is 380 g/mol. The molecule has 3 heterocycles. The molecule has 6 nitrogen and oxygen atoms in total. The number of nitrogens with zero attached hydrogens (tertiary/aromatic N) is 3. The summed E-state index contributed by atoms with van der Waals surface area (Å²) in [5.41, 5.74) is 4.34. The van der Waals surface area contributed by atoms with Crippen LogP contribution in [0.1, 0.15) is 54.5 Å². The standard InChI is InChI=1S/C22H28N4O2/c1-14(2)22(28)26-9-5-6-17(13-26)20-11-18(10-15(3)25-20)16-7-8-19(24-12-16)21(27)23-4/h7-8,10-12,14,17H,5-6,9,13H2,1-4H3,(H,23,27)/t17-/m1/s1. The van der Waals surface area contributed by atoms with E-state index in [1.54, 1.807) is 19.3 Å². The molecule has 28 heavy (non-hydrogen) atoms. The second-order valence-corrected chi connectivity index (χ2v) is 7.71. The minimum absolute atomic E-state index is 0.0182. The van der Waals surface area contributed by atoms with Crippen LogP contribution in [0.4, 0.5) is 0 Å². The third kappa shape index (κ3) is 4.38. The molecule has 0 radical (unpaired) electrons. The summed E-state index contributed by atoms with van der Waals surface area (Å²) in [5.74, 6) is 0.278. The third-order valence-electron chi connectivity index (χ3n) is 5.17. The highest BCUT2D eigenvalue weighted by Crippen LogP contribution is 2.30. The van der Waals surface area contributed by atoms with Gasteiger partial charge >= 0.3 is 0 Å². The first-order valence-electron chi connectivity index (χ1n) is 9.85. The quantitative estimate of drug-likeness (QED) is 0.884. The number of amides is 2. The lowest BCUT2D eigenvalue weighted by Crippen LogP contribution is -2.41. The highest BCUT2D eigenvalue weighted by Gasteiger charge is 2.27. The van der Waals surface area contributed by atoms with E-state index in [4.69, 9.17) is 4.98 Å². The van der Waals surface area contributed by atoms with Crippen LogP contribution in [0.15, 0.2) is 30.5 Å². The van der Waals surface area contributed by atoms with E-state index >= 15 is 0 Å². The van der Waals surface area contributed by atoms with Crippen molar-refractivity contribution in [2.24, 2.45) is 5.92 Å². The van der Waals surface area contributed by atoms with Crippen LogP contribution in [0.3, 0.4) is 0 Å². The van der Waals surface area contributed by atoms with Crippen LogP contribution in [-0.4, -0.2) is 46.8 Å². The summed E-state index contributed by atoms with van der Waals surface area (Å²) < 4.78 is 0. The topological polar surface area (TPSA) is 75.2 Å². The second-order valence-electron chi connectivity index (χ2n) is 7.71. The normalized spacial score (nSPS) is 16.9. The molecule has 1 fully saturated rings. The van der Waals surface area contributed by atoms with Gasteiger partial charge in [0.2, 0.25) is 5.91 Å². The molecule has 0 saturated carbocycles. The number of aryl methyl sites for hydroxylation is 1. The van der Waals surface area contributed by atoms with Crippen LogP contribution < -0.4 is 5.32 Å². The van der Waals surface area contributed by atoms with E-state index in [1.807, 2.05) is 37.8 Å². The average Bonchev–Trinajstić information content (AvgIpc) is 2.72. The Morgan fingerprint density at radius 1 is 1.21 bits per heavy atom. The van der Waals surface area contributed by atoms with Crippen LogP contribution in [0.25, 0.3) is 11.1 Å². The summed E-state index contributed by atoms with van der Waals surface area (Å²) in [6, 6.07) is 7.76. The maximum Gasteiger partial charge on any atom is 0.269 e. The van der Waals surface area contributed by atoms with Crippen LogP contribution in [0.2, 0.25) is 0 Å². The van der Waals surface area contributed by atoms with Crippen LogP contribution >= 0.6 is 0 Å². The molecule has 2 aromatic heterocycles. The Kier molecular flexibility index (Phi) is 6.07. The highest BCUT2D eigenvalue weighted by atomic mass is 16.2. The van der Waals surface area contributed by atoms with Gasteiger partial charge in [-0.2, -0.15) is 0 Å². The Bertz CT molecular complexity index is 861. The Morgan fingerprint density at radius 2 is 2.00 bits per heavy atom. The summed E-state index contributed by atoms with van der Waals surface area (Å²) in [6.07, 6.45) is 3.75. The SMILES string of the molecule is CNC(=O)c1ccc(-c2cc(C)nc([C@@H]3CCCN(C(=O)C(C)C)C3)c2)cn1. The molecule has 2 aromatic rings. The molecular weight excluding hydrogens is 352 g/mol. The van der Waals surface area contributed by atoms with Gasteiger partial charge in [0.05, 0.1) is 0 Å². The molecule has 0 spiro atoms. The molecule has 1 aliphatic rings. The Morgan fingerprint density at radius 3 is 2.64 bits per heavy atom. The molecule has 1 N–H and O–H groups in total. The van der Waals surface area contributed by atoms with Crippen molar-refractivity contribution in [3.8, 4) is 11.1 Å². The number of hydrogen-bond donors (Lipinski definition) is 1. The molecule has 6 heteroatoms. The summed E-state index contributed by atoms with van der Waals surface area (Å²) in [6.45, 7) is 7.44. The zero-order chi connectivity index (χ0) is 20.3. The molecule has 2 amide bonds. The number of rotatable bonds is 4. The van der Waals surface area contributed by atoms with Crippen molar-refractivity contribution in [3.05, 3.63) is 47.5 Å². The van der Waals surface area contributed by atoms with Crippen LogP contribution in [0.5, 0.6) is 0 Å². The number of pyridine rings is 2. The van der Waals surface area contributed by atoms with E-state index in [2.05, 4.69) is 16.4 Å². The first-order chi connectivity index (χ1) is 13.4. The van der Waals surface area contributed by atoms with Crippen LogP contribution in [-0.2, 0) is 4.79 Å². The van der Waals surface area contributed by atoms with E-state index in [0.717, 1.165) is 48.4 Å². The maximum absolute atomic E-state index is 12.4. The predicted octanol–water partition coefficient (Wildman–Crippen LogP) is 3.17. The van der Waals surface area contributed by atoms with Gasteiger partial charge in [0.25, 0.3) is 5.91 Å². The molecule has 1 aliphatic heterocycles. The molecule has 148 valence electrons. The van der Waals surface area contributed by atoms with Crippen molar-refractivity contribution in [2.75, 3.05) is 20.1 Å². The predicted molar refractivity (Wildman–Crippen MR) is 109 cm³/mol. The highest BCUT2D eigenvalue weighted by molar-refractivity contribution is 5.92. The van der Waals surface area contributed by atoms with E-state index in [1.165, 1.54) is 0 Å². The lowest BCUT2D eigenvalue weighted by molar-refractivity contribution is -0.135. The average molecular weight is 380 g/mol. The first-order valence-corrected chi connectivity index (χ1v) is 9.85. The van der Waals surface area contributed by atoms with Gasteiger partial charge < -0.3 is 10.2 Å². The van der Waals surface area contributed by atoms with Gasteiger partial charge in [0.1, 0.15) is 5.69 Å². The number of piperidine rings is 1. The van der Waals surface area contributed by atoms with Crippen molar-refractivity contribution in [1.29, 1.82) is 0 Å². The number of likely N-dealkylation sites (tertiary alicyclic amines) is 1. The zero-order valence-electron chi connectivity index (χ0n) is 17.0. The maximum atomic E-state index is 12.4. The largest absolute Gasteiger partial charge is 0.354 e. The molecule has 0 bridgehead atoms.